The van der Waals surface area contributed by atoms with Crippen LogP contribution in [-0.2, 0) is 4.79 Å². The Morgan fingerprint density at radius 1 is 1.19 bits per heavy atom. The standard InChI is InChI=1S/C17H24N2O2/c1-13-12-14(19-10-4-5-11-19)6-7-15(13)18-16(20)17(21)8-2-3-9-17/h6-7,12,21H,2-5,8-11H2,1H3,(H,18,20). The molecule has 1 aromatic rings. The van der Waals surface area contributed by atoms with Gasteiger partial charge in [-0.2, -0.15) is 0 Å². The van der Waals surface area contributed by atoms with E-state index in [0.717, 1.165) is 37.2 Å². The Morgan fingerprint density at radius 3 is 2.48 bits per heavy atom. The molecule has 0 spiro atoms. The lowest BCUT2D eigenvalue weighted by molar-refractivity contribution is -0.133. The average Bonchev–Trinajstić information content (AvgIpc) is 3.13. The van der Waals surface area contributed by atoms with E-state index < -0.39 is 5.60 Å². The molecule has 1 heterocycles. The van der Waals surface area contributed by atoms with Gasteiger partial charge in [0.2, 0.25) is 0 Å². The highest BCUT2D eigenvalue weighted by molar-refractivity contribution is 5.98. The van der Waals surface area contributed by atoms with Crippen molar-refractivity contribution in [2.24, 2.45) is 0 Å². The molecule has 0 bridgehead atoms. The number of amides is 1. The molecule has 0 aromatic heterocycles. The first-order valence-corrected chi connectivity index (χ1v) is 7.98. The highest BCUT2D eigenvalue weighted by Gasteiger charge is 2.38. The smallest absolute Gasteiger partial charge is 0.256 e. The zero-order valence-electron chi connectivity index (χ0n) is 12.7. The molecule has 1 amide bonds. The van der Waals surface area contributed by atoms with Gasteiger partial charge in [-0.3, -0.25) is 4.79 Å². The Kier molecular flexibility index (Phi) is 3.89. The Bertz CT molecular complexity index is 530. The molecule has 0 radical (unpaired) electrons. The third-order valence-electron chi connectivity index (χ3n) is 4.78. The lowest BCUT2D eigenvalue weighted by Gasteiger charge is -2.23. The van der Waals surface area contributed by atoms with Crippen LogP contribution in [0.5, 0.6) is 0 Å². The molecular weight excluding hydrogens is 264 g/mol. The topological polar surface area (TPSA) is 52.6 Å². The predicted octanol–water partition coefficient (Wildman–Crippen LogP) is 2.84. The first-order valence-electron chi connectivity index (χ1n) is 7.98. The molecule has 1 saturated heterocycles. The molecule has 2 aliphatic rings. The van der Waals surface area contributed by atoms with Crippen LogP contribution < -0.4 is 10.2 Å². The number of carbonyl (C=O) groups is 1. The summed E-state index contributed by atoms with van der Waals surface area (Å²) in [5.74, 6) is -0.253. The molecule has 2 N–H and O–H groups in total. The Balaban J connectivity index is 1.72. The summed E-state index contributed by atoms with van der Waals surface area (Å²) in [5.41, 5.74) is 1.92. The van der Waals surface area contributed by atoms with E-state index in [9.17, 15) is 9.90 Å². The van der Waals surface area contributed by atoms with Crippen molar-refractivity contribution in [1.29, 1.82) is 0 Å². The first kappa shape index (κ1) is 14.4. The Morgan fingerprint density at radius 2 is 1.86 bits per heavy atom. The quantitative estimate of drug-likeness (QED) is 0.899. The fourth-order valence-corrected chi connectivity index (χ4v) is 3.39. The van der Waals surface area contributed by atoms with E-state index in [0.29, 0.717) is 12.8 Å². The predicted molar refractivity (Wildman–Crippen MR) is 84.7 cm³/mol. The summed E-state index contributed by atoms with van der Waals surface area (Å²) < 4.78 is 0. The lowest BCUT2D eigenvalue weighted by Crippen LogP contribution is -2.40. The van der Waals surface area contributed by atoms with Gasteiger partial charge in [-0.25, -0.2) is 0 Å². The van der Waals surface area contributed by atoms with Gasteiger partial charge in [-0.1, -0.05) is 0 Å². The number of aryl methyl sites for hydroxylation is 1. The van der Waals surface area contributed by atoms with E-state index in [2.05, 4.69) is 22.3 Å². The number of hydrogen-bond donors (Lipinski definition) is 2. The fourth-order valence-electron chi connectivity index (χ4n) is 3.39. The third kappa shape index (κ3) is 2.91. The minimum absolute atomic E-state index is 0.253. The minimum Gasteiger partial charge on any atom is -0.380 e. The summed E-state index contributed by atoms with van der Waals surface area (Å²) in [5, 5.41) is 13.2. The van der Waals surface area contributed by atoms with Crippen molar-refractivity contribution in [3.63, 3.8) is 0 Å². The van der Waals surface area contributed by atoms with Gasteiger partial charge >= 0.3 is 0 Å². The van der Waals surface area contributed by atoms with Gasteiger partial charge in [-0.15, -0.1) is 0 Å². The van der Waals surface area contributed by atoms with Crippen LogP contribution in [0.3, 0.4) is 0 Å². The van der Waals surface area contributed by atoms with Crippen molar-refractivity contribution in [3.05, 3.63) is 23.8 Å². The minimum atomic E-state index is -1.17. The zero-order chi connectivity index (χ0) is 14.9. The number of aliphatic hydroxyl groups is 1. The van der Waals surface area contributed by atoms with Gasteiger partial charge in [0.1, 0.15) is 5.60 Å². The summed E-state index contributed by atoms with van der Waals surface area (Å²) in [6.45, 7) is 4.24. The summed E-state index contributed by atoms with van der Waals surface area (Å²) in [4.78, 5) is 14.6. The van der Waals surface area contributed by atoms with Crippen molar-refractivity contribution in [1.82, 2.24) is 0 Å². The number of anilines is 2. The van der Waals surface area contributed by atoms with E-state index in [1.54, 1.807) is 0 Å². The summed E-state index contributed by atoms with van der Waals surface area (Å²) in [7, 11) is 0. The molecule has 3 rings (SSSR count). The largest absolute Gasteiger partial charge is 0.380 e. The lowest BCUT2D eigenvalue weighted by atomic mass is 10.0. The fraction of sp³-hybridized carbons (Fsp3) is 0.588. The van der Waals surface area contributed by atoms with Crippen LogP contribution in [0, 0.1) is 6.92 Å². The SMILES string of the molecule is Cc1cc(N2CCCC2)ccc1NC(=O)C1(O)CCCC1. The molecule has 0 unspecified atom stereocenters. The summed E-state index contributed by atoms with van der Waals surface area (Å²) in [6, 6.07) is 6.14. The second-order valence-electron chi connectivity index (χ2n) is 6.39. The maximum Gasteiger partial charge on any atom is 0.256 e. The molecule has 1 aliphatic carbocycles. The second-order valence-corrected chi connectivity index (χ2v) is 6.39. The molecule has 1 saturated carbocycles. The first-order chi connectivity index (χ1) is 10.1. The average molecular weight is 288 g/mol. The van der Waals surface area contributed by atoms with Crippen molar-refractivity contribution in [2.75, 3.05) is 23.3 Å². The van der Waals surface area contributed by atoms with E-state index in [1.165, 1.54) is 18.5 Å². The van der Waals surface area contributed by atoms with Gasteiger partial charge in [0.25, 0.3) is 5.91 Å². The molecule has 114 valence electrons. The second kappa shape index (κ2) is 5.68. The van der Waals surface area contributed by atoms with Gasteiger partial charge in [0, 0.05) is 24.5 Å². The summed E-state index contributed by atoms with van der Waals surface area (Å²) >= 11 is 0. The van der Waals surface area contributed by atoms with Crippen LogP contribution in [0.25, 0.3) is 0 Å². The number of nitrogens with one attached hydrogen (secondary N) is 1. The molecule has 1 aliphatic heterocycles. The molecule has 2 fully saturated rings. The number of carbonyl (C=O) groups excluding carboxylic acids is 1. The van der Waals surface area contributed by atoms with Gasteiger partial charge < -0.3 is 15.3 Å². The maximum absolute atomic E-state index is 12.3. The van der Waals surface area contributed by atoms with Crippen LogP contribution in [0.1, 0.15) is 44.1 Å². The third-order valence-corrected chi connectivity index (χ3v) is 4.78. The number of nitrogens with zero attached hydrogens (tertiary/aromatic N) is 1. The summed E-state index contributed by atoms with van der Waals surface area (Å²) in [6.07, 6.45) is 5.51. The van der Waals surface area contributed by atoms with Gasteiger partial charge in [0.05, 0.1) is 0 Å². The monoisotopic (exact) mass is 288 g/mol. The van der Waals surface area contributed by atoms with Crippen molar-refractivity contribution in [2.45, 2.75) is 51.0 Å². The van der Waals surface area contributed by atoms with Crippen LogP contribution in [0.2, 0.25) is 0 Å². The maximum atomic E-state index is 12.3. The normalized spacial score (nSPS) is 20.8. The van der Waals surface area contributed by atoms with Crippen molar-refractivity contribution in [3.8, 4) is 0 Å². The number of benzene rings is 1. The molecule has 1 aromatic carbocycles. The molecule has 4 heteroatoms. The molecule has 21 heavy (non-hydrogen) atoms. The van der Waals surface area contributed by atoms with Crippen molar-refractivity contribution < 1.29 is 9.90 Å². The van der Waals surface area contributed by atoms with E-state index in [4.69, 9.17) is 0 Å². The highest BCUT2D eigenvalue weighted by Crippen LogP contribution is 2.32. The van der Waals surface area contributed by atoms with Gasteiger partial charge in [-0.05, 0) is 69.2 Å². The van der Waals surface area contributed by atoms with E-state index in [1.807, 2.05) is 13.0 Å². The highest BCUT2D eigenvalue weighted by atomic mass is 16.3. The Labute approximate surface area is 126 Å². The van der Waals surface area contributed by atoms with Crippen LogP contribution in [0.15, 0.2) is 18.2 Å². The Hall–Kier alpha value is -1.55. The van der Waals surface area contributed by atoms with Crippen LogP contribution in [-0.4, -0.2) is 29.7 Å². The van der Waals surface area contributed by atoms with Crippen LogP contribution >= 0.6 is 0 Å². The number of rotatable bonds is 3. The van der Waals surface area contributed by atoms with Crippen LogP contribution in [0.4, 0.5) is 11.4 Å². The van der Waals surface area contributed by atoms with E-state index >= 15 is 0 Å². The van der Waals surface area contributed by atoms with Gasteiger partial charge in [0.15, 0.2) is 0 Å². The number of hydrogen-bond acceptors (Lipinski definition) is 3. The zero-order valence-corrected chi connectivity index (χ0v) is 12.7. The molecule has 0 atom stereocenters. The molecule has 4 nitrogen and oxygen atoms in total. The molecular formula is C17H24N2O2. The van der Waals surface area contributed by atoms with E-state index in [-0.39, 0.29) is 5.91 Å². The van der Waals surface area contributed by atoms with Crippen molar-refractivity contribution >= 4 is 17.3 Å².